The van der Waals surface area contributed by atoms with Crippen LogP contribution in [0.1, 0.15) is 32.3 Å². The lowest BCUT2D eigenvalue weighted by atomic mass is 10.2. The normalized spacial score (nSPS) is 10.2. The molecule has 0 saturated carbocycles. The van der Waals surface area contributed by atoms with Gasteiger partial charge in [-0.1, -0.05) is 13.8 Å². The first-order valence-electron chi connectivity index (χ1n) is 6.97. The van der Waals surface area contributed by atoms with Crippen molar-refractivity contribution in [2.24, 2.45) is 0 Å². The lowest BCUT2D eigenvalue weighted by Gasteiger charge is -2.12. The summed E-state index contributed by atoms with van der Waals surface area (Å²) in [5.41, 5.74) is 0.636. The maximum absolute atomic E-state index is 11.5. The molecule has 0 aliphatic rings. The number of carbonyl (C=O) groups excluding carboxylic acids is 1. The minimum absolute atomic E-state index is 0.0652. The summed E-state index contributed by atoms with van der Waals surface area (Å²) in [7, 11) is 0. The lowest BCUT2D eigenvalue weighted by Crippen LogP contribution is -2.29. The van der Waals surface area contributed by atoms with Crippen molar-refractivity contribution >= 4 is 5.91 Å². The Labute approximate surface area is 119 Å². The van der Waals surface area contributed by atoms with Gasteiger partial charge in [-0.3, -0.25) is 4.79 Å². The quantitative estimate of drug-likeness (QED) is 0.725. The van der Waals surface area contributed by atoms with Gasteiger partial charge >= 0.3 is 0 Å². The zero-order chi connectivity index (χ0) is 14.8. The maximum atomic E-state index is 11.5. The van der Waals surface area contributed by atoms with E-state index in [4.69, 9.17) is 9.47 Å². The highest BCUT2D eigenvalue weighted by atomic mass is 16.5. The second-order valence-corrected chi connectivity index (χ2v) is 4.41. The Morgan fingerprint density at radius 1 is 1.25 bits per heavy atom. The highest BCUT2D eigenvalue weighted by Gasteiger charge is 2.08. The van der Waals surface area contributed by atoms with Crippen molar-refractivity contribution in [1.29, 1.82) is 0 Å². The molecule has 0 saturated heterocycles. The Morgan fingerprint density at radius 3 is 2.70 bits per heavy atom. The molecule has 0 atom stereocenters. The standard InChI is InChI=1S/C15H23NO4/c1-3-7-16-15(18)11-20-14-9-13(19-8-4-2)6-5-12(14)10-17/h5-6,9,17H,3-4,7-8,10-11H2,1-2H3,(H,16,18). The van der Waals surface area contributed by atoms with E-state index in [2.05, 4.69) is 5.32 Å². The topological polar surface area (TPSA) is 67.8 Å². The van der Waals surface area contributed by atoms with Crippen LogP contribution >= 0.6 is 0 Å². The van der Waals surface area contributed by atoms with Crippen molar-refractivity contribution in [3.63, 3.8) is 0 Å². The third-order valence-corrected chi connectivity index (χ3v) is 2.61. The molecule has 2 N–H and O–H groups in total. The van der Waals surface area contributed by atoms with Gasteiger partial charge in [0.2, 0.25) is 0 Å². The van der Waals surface area contributed by atoms with Crippen LogP contribution in [0.4, 0.5) is 0 Å². The molecular weight excluding hydrogens is 258 g/mol. The molecule has 1 aromatic carbocycles. The number of hydrogen-bond donors (Lipinski definition) is 2. The number of carbonyl (C=O) groups is 1. The van der Waals surface area contributed by atoms with E-state index >= 15 is 0 Å². The van der Waals surface area contributed by atoms with Crippen LogP contribution in [0, 0.1) is 0 Å². The van der Waals surface area contributed by atoms with Crippen LogP contribution in [0.2, 0.25) is 0 Å². The minimum Gasteiger partial charge on any atom is -0.493 e. The van der Waals surface area contributed by atoms with Gasteiger partial charge in [0.15, 0.2) is 6.61 Å². The molecule has 5 heteroatoms. The van der Waals surface area contributed by atoms with Crippen LogP contribution in [0.15, 0.2) is 18.2 Å². The molecule has 0 aliphatic carbocycles. The molecule has 0 bridgehead atoms. The second kappa shape index (κ2) is 9.20. The molecule has 0 fully saturated rings. The first-order chi connectivity index (χ1) is 9.71. The smallest absolute Gasteiger partial charge is 0.257 e. The third-order valence-electron chi connectivity index (χ3n) is 2.61. The van der Waals surface area contributed by atoms with Gasteiger partial charge in [0.25, 0.3) is 5.91 Å². The molecule has 0 unspecified atom stereocenters. The number of ether oxygens (including phenoxy) is 2. The van der Waals surface area contributed by atoms with E-state index in [0.717, 1.165) is 12.8 Å². The summed E-state index contributed by atoms with van der Waals surface area (Å²) in [6.45, 7) is 5.06. The molecule has 1 amide bonds. The minimum atomic E-state index is -0.171. The van der Waals surface area contributed by atoms with E-state index in [1.807, 2.05) is 13.8 Å². The Morgan fingerprint density at radius 2 is 2.05 bits per heavy atom. The van der Waals surface area contributed by atoms with E-state index in [9.17, 15) is 9.90 Å². The SMILES string of the molecule is CCCNC(=O)COc1cc(OCCC)ccc1CO. The summed E-state index contributed by atoms with van der Waals surface area (Å²) in [5.74, 6) is 0.983. The molecule has 0 aromatic heterocycles. The molecule has 112 valence electrons. The predicted octanol–water partition coefficient (Wildman–Crippen LogP) is 1.87. The summed E-state index contributed by atoms with van der Waals surface area (Å²) in [6, 6.07) is 5.23. The summed E-state index contributed by atoms with van der Waals surface area (Å²) in [5, 5.41) is 12.0. The fourth-order valence-corrected chi connectivity index (χ4v) is 1.57. The molecule has 1 aromatic rings. The third kappa shape index (κ3) is 5.48. The number of nitrogens with one attached hydrogen (secondary N) is 1. The molecule has 0 heterocycles. The highest BCUT2D eigenvalue weighted by molar-refractivity contribution is 5.77. The fourth-order valence-electron chi connectivity index (χ4n) is 1.57. The number of benzene rings is 1. The van der Waals surface area contributed by atoms with Gasteiger partial charge in [-0.25, -0.2) is 0 Å². The van der Waals surface area contributed by atoms with Crippen molar-refractivity contribution in [2.45, 2.75) is 33.3 Å². The highest BCUT2D eigenvalue weighted by Crippen LogP contribution is 2.25. The molecule has 1 rings (SSSR count). The van der Waals surface area contributed by atoms with E-state index < -0.39 is 0 Å². The molecule has 0 aliphatic heterocycles. The average molecular weight is 281 g/mol. The van der Waals surface area contributed by atoms with Gasteiger partial charge in [-0.2, -0.15) is 0 Å². The Hall–Kier alpha value is -1.75. The Kier molecular flexibility index (Phi) is 7.50. The fraction of sp³-hybridized carbons (Fsp3) is 0.533. The van der Waals surface area contributed by atoms with Crippen LogP contribution in [0.5, 0.6) is 11.5 Å². The lowest BCUT2D eigenvalue weighted by molar-refractivity contribution is -0.123. The number of aliphatic hydroxyl groups is 1. The van der Waals surface area contributed by atoms with Crippen molar-refractivity contribution in [3.8, 4) is 11.5 Å². The largest absolute Gasteiger partial charge is 0.493 e. The first kappa shape index (κ1) is 16.3. The second-order valence-electron chi connectivity index (χ2n) is 4.41. The summed E-state index contributed by atoms with van der Waals surface area (Å²) >= 11 is 0. The van der Waals surface area contributed by atoms with Gasteiger partial charge in [0, 0.05) is 18.2 Å². The first-order valence-corrected chi connectivity index (χ1v) is 6.97. The number of amides is 1. The van der Waals surface area contributed by atoms with Gasteiger partial charge in [0.05, 0.1) is 13.2 Å². The van der Waals surface area contributed by atoms with Gasteiger partial charge in [-0.05, 0) is 25.0 Å². The predicted molar refractivity (Wildman–Crippen MR) is 76.9 cm³/mol. The number of rotatable bonds is 9. The van der Waals surface area contributed by atoms with Crippen molar-refractivity contribution in [2.75, 3.05) is 19.8 Å². The zero-order valence-corrected chi connectivity index (χ0v) is 12.1. The zero-order valence-electron chi connectivity index (χ0n) is 12.1. The van der Waals surface area contributed by atoms with Crippen LogP contribution in [0.25, 0.3) is 0 Å². The van der Waals surface area contributed by atoms with E-state index in [0.29, 0.717) is 30.2 Å². The molecule has 0 spiro atoms. The summed E-state index contributed by atoms with van der Waals surface area (Å²) < 4.78 is 11.0. The Bertz CT molecular complexity index is 420. The van der Waals surface area contributed by atoms with E-state index in [-0.39, 0.29) is 19.1 Å². The van der Waals surface area contributed by atoms with Crippen LogP contribution < -0.4 is 14.8 Å². The summed E-state index contributed by atoms with van der Waals surface area (Å²) in [6.07, 6.45) is 1.80. The summed E-state index contributed by atoms with van der Waals surface area (Å²) in [4.78, 5) is 11.5. The van der Waals surface area contributed by atoms with E-state index in [1.54, 1.807) is 18.2 Å². The van der Waals surface area contributed by atoms with Crippen LogP contribution in [-0.2, 0) is 11.4 Å². The molecule has 20 heavy (non-hydrogen) atoms. The number of aliphatic hydroxyl groups excluding tert-OH is 1. The molecular formula is C15H23NO4. The van der Waals surface area contributed by atoms with Crippen LogP contribution in [0.3, 0.4) is 0 Å². The van der Waals surface area contributed by atoms with Gasteiger partial charge in [-0.15, -0.1) is 0 Å². The Balaban J connectivity index is 2.63. The molecule has 0 radical (unpaired) electrons. The van der Waals surface area contributed by atoms with E-state index in [1.165, 1.54) is 0 Å². The van der Waals surface area contributed by atoms with Gasteiger partial charge in [0.1, 0.15) is 11.5 Å². The maximum Gasteiger partial charge on any atom is 0.257 e. The van der Waals surface area contributed by atoms with Crippen molar-refractivity contribution in [3.05, 3.63) is 23.8 Å². The van der Waals surface area contributed by atoms with Gasteiger partial charge < -0.3 is 19.9 Å². The van der Waals surface area contributed by atoms with Crippen LogP contribution in [-0.4, -0.2) is 30.8 Å². The molecule has 5 nitrogen and oxygen atoms in total. The average Bonchev–Trinajstić information content (AvgIpc) is 2.48. The number of hydrogen-bond acceptors (Lipinski definition) is 4. The monoisotopic (exact) mass is 281 g/mol. The van der Waals surface area contributed by atoms with Crippen molar-refractivity contribution < 1.29 is 19.4 Å². The van der Waals surface area contributed by atoms with Crippen molar-refractivity contribution in [1.82, 2.24) is 5.32 Å².